The first-order valence-corrected chi connectivity index (χ1v) is 9.08. The molecule has 0 saturated heterocycles. The fourth-order valence-corrected chi connectivity index (χ4v) is 3.10. The van der Waals surface area contributed by atoms with Crippen molar-refractivity contribution in [2.75, 3.05) is 12.4 Å². The van der Waals surface area contributed by atoms with Crippen LogP contribution in [0.3, 0.4) is 0 Å². The van der Waals surface area contributed by atoms with Crippen LogP contribution in [-0.2, 0) is 17.7 Å². The molecular formula is C20H23N5O3. The lowest BCUT2D eigenvalue weighted by molar-refractivity contribution is 0.0599. The Hall–Kier alpha value is -3.42. The van der Waals surface area contributed by atoms with Gasteiger partial charge in [-0.2, -0.15) is 5.10 Å². The van der Waals surface area contributed by atoms with Crippen LogP contribution < -0.4 is 5.32 Å². The summed E-state index contributed by atoms with van der Waals surface area (Å²) in [7, 11) is 1.33. The van der Waals surface area contributed by atoms with E-state index >= 15 is 0 Å². The van der Waals surface area contributed by atoms with E-state index in [1.54, 1.807) is 30.1 Å². The molecule has 8 heteroatoms. The number of H-pyrrole nitrogens is 1. The Kier molecular flexibility index (Phi) is 5.88. The number of hydrogen-bond acceptors (Lipinski definition) is 5. The largest absolute Gasteiger partial charge is 0.465 e. The molecule has 8 nitrogen and oxygen atoms in total. The third-order valence-electron chi connectivity index (χ3n) is 4.34. The molecule has 0 spiro atoms. The second kappa shape index (κ2) is 8.51. The van der Waals surface area contributed by atoms with Gasteiger partial charge in [0.25, 0.3) is 5.91 Å². The highest BCUT2D eigenvalue weighted by Gasteiger charge is 2.25. The average Bonchev–Trinajstić information content (AvgIpc) is 3.26. The Labute approximate surface area is 162 Å². The summed E-state index contributed by atoms with van der Waals surface area (Å²) in [5, 5.41) is 7.15. The van der Waals surface area contributed by atoms with Crippen LogP contribution in [0.4, 0.5) is 5.82 Å². The summed E-state index contributed by atoms with van der Waals surface area (Å²) in [6.45, 7) is 4.25. The molecule has 0 unspecified atom stereocenters. The minimum atomic E-state index is -0.448. The number of aromatic amines is 1. The maximum atomic E-state index is 12.8. The van der Waals surface area contributed by atoms with E-state index in [-0.39, 0.29) is 5.91 Å². The number of esters is 1. The Morgan fingerprint density at radius 1 is 1.29 bits per heavy atom. The van der Waals surface area contributed by atoms with Gasteiger partial charge >= 0.3 is 5.97 Å². The molecule has 0 radical (unpaired) electrons. The van der Waals surface area contributed by atoms with Crippen molar-refractivity contribution >= 4 is 17.7 Å². The third-order valence-corrected chi connectivity index (χ3v) is 4.34. The monoisotopic (exact) mass is 381 g/mol. The van der Waals surface area contributed by atoms with Gasteiger partial charge in [0.2, 0.25) is 0 Å². The van der Waals surface area contributed by atoms with E-state index in [2.05, 4.69) is 20.4 Å². The fourth-order valence-electron chi connectivity index (χ4n) is 3.10. The summed E-state index contributed by atoms with van der Waals surface area (Å²) in [4.78, 5) is 32.2. The number of rotatable bonds is 7. The van der Waals surface area contributed by atoms with Gasteiger partial charge in [-0.1, -0.05) is 19.4 Å². The van der Waals surface area contributed by atoms with Gasteiger partial charge in [0, 0.05) is 24.2 Å². The van der Waals surface area contributed by atoms with E-state index < -0.39 is 5.97 Å². The number of amides is 1. The molecule has 0 bridgehead atoms. The quantitative estimate of drug-likeness (QED) is 0.613. The van der Waals surface area contributed by atoms with Crippen LogP contribution in [0.25, 0.3) is 0 Å². The van der Waals surface area contributed by atoms with Gasteiger partial charge in [-0.3, -0.25) is 14.5 Å². The van der Waals surface area contributed by atoms with Gasteiger partial charge in [0.1, 0.15) is 5.69 Å². The van der Waals surface area contributed by atoms with Gasteiger partial charge < -0.3 is 15.0 Å². The summed E-state index contributed by atoms with van der Waals surface area (Å²) >= 11 is 0. The number of aryl methyl sites for hydroxylation is 1. The van der Waals surface area contributed by atoms with Crippen molar-refractivity contribution in [3.63, 3.8) is 0 Å². The Morgan fingerprint density at radius 3 is 2.79 bits per heavy atom. The SMILES string of the molecule is CCCc1c(C(=O)Nc2ccn(Cc3ccccn3)n2)[nH]c(C)c1C(=O)OC. The zero-order valence-electron chi connectivity index (χ0n) is 16.2. The highest BCUT2D eigenvalue weighted by molar-refractivity contribution is 6.06. The molecule has 3 rings (SSSR count). The van der Waals surface area contributed by atoms with E-state index in [1.165, 1.54) is 7.11 Å². The number of carbonyl (C=O) groups excluding carboxylic acids is 2. The highest BCUT2D eigenvalue weighted by Crippen LogP contribution is 2.22. The summed E-state index contributed by atoms with van der Waals surface area (Å²) in [6, 6.07) is 7.40. The summed E-state index contributed by atoms with van der Waals surface area (Å²) in [5.41, 5.74) is 2.93. The fraction of sp³-hybridized carbons (Fsp3) is 0.300. The maximum absolute atomic E-state index is 12.8. The minimum absolute atomic E-state index is 0.343. The zero-order valence-corrected chi connectivity index (χ0v) is 16.2. The van der Waals surface area contributed by atoms with Gasteiger partial charge in [-0.15, -0.1) is 0 Å². The first kappa shape index (κ1) is 19.3. The Balaban J connectivity index is 1.79. The number of nitrogens with one attached hydrogen (secondary N) is 2. The molecule has 0 saturated carbocycles. The van der Waals surface area contributed by atoms with Crippen LogP contribution >= 0.6 is 0 Å². The highest BCUT2D eigenvalue weighted by atomic mass is 16.5. The van der Waals surface area contributed by atoms with Crippen LogP contribution in [-0.4, -0.2) is 38.7 Å². The van der Waals surface area contributed by atoms with Crippen LogP contribution in [0, 0.1) is 6.92 Å². The van der Waals surface area contributed by atoms with Crippen molar-refractivity contribution < 1.29 is 14.3 Å². The Bertz CT molecular complexity index is 975. The average molecular weight is 381 g/mol. The second-order valence-corrected chi connectivity index (χ2v) is 6.39. The van der Waals surface area contributed by atoms with E-state index in [0.29, 0.717) is 41.3 Å². The van der Waals surface area contributed by atoms with Crippen LogP contribution in [0.1, 0.15) is 51.1 Å². The van der Waals surface area contributed by atoms with Crippen molar-refractivity contribution in [1.82, 2.24) is 19.7 Å². The normalized spacial score (nSPS) is 10.7. The van der Waals surface area contributed by atoms with Gasteiger partial charge in [0.05, 0.1) is 24.9 Å². The van der Waals surface area contributed by atoms with Gasteiger partial charge in [0.15, 0.2) is 5.82 Å². The first-order chi connectivity index (χ1) is 13.5. The lowest BCUT2D eigenvalue weighted by atomic mass is 10.0. The number of aromatic nitrogens is 4. The van der Waals surface area contributed by atoms with Gasteiger partial charge in [-0.25, -0.2) is 4.79 Å². The lowest BCUT2D eigenvalue weighted by Crippen LogP contribution is -2.16. The molecule has 0 aromatic carbocycles. The molecule has 0 aliphatic carbocycles. The molecule has 3 heterocycles. The number of methoxy groups -OCH3 is 1. The topological polar surface area (TPSA) is 102 Å². The molecule has 28 heavy (non-hydrogen) atoms. The molecule has 0 aliphatic heterocycles. The van der Waals surface area contributed by atoms with E-state index in [9.17, 15) is 9.59 Å². The number of anilines is 1. The summed E-state index contributed by atoms with van der Waals surface area (Å²) in [5.74, 6) is -0.365. The van der Waals surface area contributed by atoms with Crippen LogP contribution in [0.5, 0.6) is 0 Å². The van der Waals surface area contributed by atoms with Crippen molar-refractivity contribution in [3.8, 4) is 0 Å². The molecular weight excluding hydrogens is 358 g/mol. The van der Waals surface area contributed by atoms with Crippen molar-refractivity contribution in [3.05, 3.63) is 64.9 Å². The zero-order chi connectivity index (χ0) is 20.1. The molecule has 3 aromatic heterocycles. The van der Waals surface area contributed by atoms with E-state index in [0.717, 1.165) is 12.1 Å². The number of pyridine rings is 1. The number of hydrogen-bond donors (Lipinski definition) is 2. The predicted molar refractivity (Wildman–Crippen MR) is 104 cm³/mol. The standard InChI is InChI=1S/C20H23N5O3/c1-4-7-15-17(20(27)28-3)13(2)22-18(15)19(26)23-16-9-11-25(24-16)12-14-8-5-6-10-21-14/h5-6,8-11,22H,4,7,12H2,1-3H3,(H,23,24,26). The summed E-state index contributed by atoms with van der Waals surface area (Å²) in [6.07, 6.45) is 4.88. The third kappa shape index (κ3) is 4.11. The molecule has 0 aliphatic rings. The number of ether oxygens (including phenoxy) is 1. The number of nitrogens with zero attached hydrogens (tertiary/aromatic N) is 3. The summed E-state index contributed by atoms with van der Waals surface area (Å²) < 4.78 is 6.56. The van der Waals surface area contributed by atoms with Crippen molar-refractivity contribution in [2.45, 2.75) is 33.2 Å². The second-order valence-electron chi connectivity index (χ2n) is 6.39. The van der Waals surface area contributed by atoms with Gasteiger partial charge in [-0.05, 0) is 31.0 Å². The molecule has 2 N–H and O–H groups in total. The minimum Gasteiger partial charge on any atom is -0.465 e. The molecule has 1 amide bonds. The lowest BCUT2D eigenvalue weighted by Gasteiger charge is -2.06. The van der Waals surface area contributed by atoms with E-state index in [4.69, 9.17) is 4.74 Å². The number of carbonyl (C=O) groups is 2. The molecule has 0 atom stereocenters. The smallest absolute Gasteiger partial charge is 0.339 e. The molecule has 0 fully saturated rings. The predicted octanol–water partition coefficient (Wildman–Crippen LogP) is 2.95. The Morgan fingerprint density at radius 2 is 2.11 bits per heavy atom. The first-order valence-electron chi connectivity index (χ1n) is 9.08. The molecule has 3 aromatic rings. The van der Waals surface area contributed by atoms with Crippen LogP contribution in [0.15, 0.2) is 36.7 Å². The van der Waals surface area contributed by atoms with Crippen molar-refractivity contribution in [2.24, 2.45) is 0 Å². The molecule has 146 valence electrons. The van der Waals surface area contributed by atoms with Crippen molar-refractivity contribution in [1.29, 1.82) is 0 Å². The van der Waals surface area contributed by atoms with E-state index in [1.807, 2.05) is 25.1 Å². The maximum Gasteiger partial charge on any atom is 0.339 e. The van der Waals surface area contributed by atoms with Crippen LogP contribution in [0.2, 0.25) is 0 Å².